The largest absolute Gasteiger partial charge is 0.350 e. The van der Waals surface area contributed by atoms with Crippen molar-refractivity contribution in [2.24, 2.45) is 5.73 Å². The van der Waals surface area contributed by atoms with Crippen molar-refractivity contribution in [1.29, 1.82) is 0 Å². The van der Waals surface area contributed by atoms with E-state index < -0.39 is 5.54 Å². The summed E-state index contributed by atoms with van der Waals surface area (Å²) in [5.41, 5.74) is 8.91. The van der Waals surface area contributed by atoms with Gasteiger partial charge in [-0.25, -0.2) is 4.68 Å². The van der Waals surface area contributed by atoms with Gasteiger partial charge in [-0.3, -0.25) is 9.78 Å². The number of para-hydroxylation sites is 1. The van der Waals surface area contributed by atoms with Crippen LogP contribution in [0.3, 0.4) is 0 Å². The maximum absolute atomic E-state index is 12.5. The smallest absolute Gasteiger partial charge is 0.240 e. The van der Waals surface area contributed by atoms with E-state index in [-0.39, 0.29) is 5.91 Å². The van der Waals surface area contributed by atoms with Gasteiger partial charge >= 0.3 is 0 Å². The number of pyridine rings is 1. The summed E-state index contributed by atoms with van der Waals surface area (Å²) in [6.07, 6.45) is 6.90. The third kappa shape index (κ3) is 4.41. The topological polar surface area (TPSA) is 85.8 Å². The lowest BCUT2D eigenvalue weighted by atomic mass is 9.96. The Morgan fingerprint density at radius 1 is 1.19 bits per heavy atom. The molecule has 6 nitrogen and oxygen atoms in total. The molecule has 0 saturated heterocycles. The molecule has 0 saturated carbocycles. The number of carbonyl (C=O) groups excluding carboxylic acids is 1. The first-order valence-electron chi connectivity index (χ1n) is 9.13. The molecule has 140 valence electrons. The van der Waals surface area contributed by atoms with Crippen molar-refractivity contribution in [3.8, 4) is 16.9 Å². The van der Waals surface area contributed by atoms with E-state index in [0.29, 0.717) is 13.0 Å². The highest BCUT2D eigenvalue weighted by molar-refractivity contribution is 5.85. The lowest BCUT2D eigenvalue weighted by Crippen LogP contribution is -2.51. The zero-order chi connectivity index (χ0) is 19.3. The van der Waals surface area contributed by atoms with Crippen LogP contribution >= 0.6 is 0 Å². The Labute approximate surface area is 159 Å². The summed E-state index contributed by atoms with van der Waals surface area (Å²) >= 11 is 0. The molecule has 3 aromatic rings. The average Bonchev–Trinajstić information content (AvgIpc) is 3.11. The molecule has 3 N–H and O–H groups in total. The second-order valence-electron chi connectivity index (χ2n) is 6.87. The number of amides is 1. The molecule has 2 aromatic heterocycles. The van der Waals surface area contributed by atoms with Crippen LogP contribution in [-0.4, -0.2) is 26.2 Å². The zero-order valence-corrected chi connectivity index (χ0v) is 15.7. The number of hydrogen-bond acceptors (Lipinski definition) is 4. The summed E-state index contributed by atoms with van der Waals surface area (Å²) < 4.78 is 1.82. The lowest BCUT2D eigenvalue weighted by Gasteiger charge is -2.22. The first kappa shape index (κ1) is 18.8. The number of benzene rings is 1. The standard InChI is InChI=1S/C21H25N5O/c1-3-11-21(2,22)20(27)24-14-17-15-26(18-7-5-4-6-8-18)25-19(17)16-9-12-23-13-10-16/h4-10,12-13,15H,3,11,14,22H2,1-2H3,(H,24,27). The molecule has 1 aromatic carbocycles. The van der Waals surface area contributed by atoms with E-state index in [1.807, 2.05) is 60.3 Å². The molecular formula is C21H25N5O. The number of aromatic nitrogens is 3. The first-order valence-corrected chi connectivity index (χ1v) is 9.13. The molecule has 0 radical (unpaired) electrons. The maximum atomic E-state index is 12.5. The van der Waals surface area contributed by atoms with Gasteiger partial charge in [0.15, 0.2) is 0 Å². The highest BCUT2D eigenvalue weighted by Gasteiger charge is 2.27. The van der Waals surface area contributed by atoms with Crippen LogP contribution in [-0.2, 0) is 11.3 Å². The Kier molecular flexibility index (Phi) is 5.66. The average molecular weight is 363 g/mol. The molecule has 1 atom stereocenters. The SMILES string of the molecule is CCCC(C)(N)C(=O)NCc1cn(-c2ccccc2)nc1-c1ccncc1. The second-order valence-corrected chi connectivity index (χ2v) is 6.87. The number of carbonyl (C=O) groups is 1. The Morgan fingerprint density at radius 2 is 1.89 bits per heavy atom. The van der Waals surface area contributed by atoms with Gasteiger partial charge in [0.05, 0.1) is 16.9 Å². The van der Waals surface area contributed by atoms with Crippen LogP contribution in [0.15, 0.2) is 61.1 Å². The van der Waals surface area contributed by atoms with Crippen molar-refractivity contribution < 1.29 is 4.79 Å². The van der Waals surface area contributed by atoms with Crippen molar-refractivity contribution in [1.82, 2.24) is 20.1 Å². The van der Waals surface area contributed by atoms with E-state index in [0.717, 1.165) is 28.9 Å². The summed E-state index contributed by atoms with van der Waals surface area (Å²) in [7, 11) is 0. The quantitative estimate of drug-likeness (QED) is 0.675. The zero-order valence-electron chi connectivity index (χ0n) is 15.7. The van der Waals surface area contributed by atoms with E-state index in [4.69, 9.17) is 10.8 Å². The summed E-state index contributed by atoms with van der Waals surface area (Å²) in [4.78, 5) is 16.6. The fraction of sp³-hybridized carbons (Fsp3) is 0.286. The van der Waals surface area contributed by atoms with Crippen LogP contribution in [0, 0.1) is 0 Å². The monoisotopic (exact) mass is 363 g/mol. The predicted octanol–water partition coefficient (Wildman–Crippen LogP) is 3.07. The van der Waals surface area contributed by atoms with Crippen molar-refractivity contribution in [3.63, 3.8) is 0 Å². The van der Waals surface area contributed by atoms with Gasteiger partial charge < -0.3 is 11.1 Å². The van der Waals surface area contributed by atoms with Gasteiger partial charge in [0.1, 0.15) is 0 Å². The number of hydrogen-bond donors (Lipinski definition) is 2. The molecule has 3 rings (SSSR count). The summed E-state index contributed by atoms with van der Waals surface area (Å²) in [6, 6.07) is 13.7. The number of rotatable bonds is 7. The minimum absolute atomic E-state index is 0.155. The fourth-order valence-corrected chi connectivity index (χ4v) is 3.02. The van der Waals surface area contributed by atoms with Crippen molar-refractivity contribution in [3.05, 3.63) is 66.6 Å². The van der Waals surface area contributed by atoms with Crippen molar-refractivity contribution >= 4 is 5.91 Å². The first-order chi connectivity index (χ1) is 13.0. The summed E-state index contributed by atoms with van der Waals surface area (Å²) in [5.74, 6) is -0.155. The normalized spacial score (nSPS) is 13.1. The fourth-order valence-electron chi connectivity index (χ4n) is 3.02. The minimum atomic E-state index is -0.874. The van der Waals surface area contributed by atoms with Gasteiger partial charge in [-0.2, -0.15) is 5.10 Å². The molecule has 0 aliphatic heterocycles. The van der Waals surface area contributed by atoms with Gasteiger partial charge in [-0.15, -0.1) is 0 Å². The Balaban J connectivity index is 1.89. The summed E-state index contributed by atoms with van der Waals surface area (Å²) in [6.45, 7) is 4.15. The molecule has 1 amide bonds. The third-order valence-electron chi connectivity index (χ3n) is 4.49. The van der Waals surface area contributed by atoms with Crippen LogP contribution in [0.4, 0.5) is 0 Å². The lowest BCUT2D eigenvalue weighted by molar-refractivity contribution is -0.126. The van der Waals surface area contributed by atoms with Gasteiger partial charge in [-0.05, 0) is 37.6 Å². The van der Waals surface area contributed by atoms with Crippen LogP contribution in [0.2, 0.25) is 0 Å². The highest BCUT2D eigenvalue weighted by Crippen LogP contribution is 2.23. The van der Waals surface area contributed by atoms with Crippen LogP contribution in [0.1, 0.15) is 32.3 Å². The van der Waals surface area contributed by atoms with Crippen molar-refractivity contribution in [2.75, 3.05) is 0 Å². The van der Waals surface area contributed by atoms with Crippen LogP contribution in [0.25, 0.3) is 16.9 Å². The molecular weight excluding hydrogens is 338 g/mol. The highest BCUT2D eigenvalue weighted by atomic mass is 16.2. The maximum Gasteiger partial charge on any atom is 0.240 e. The molecule has 0 aliphatic carbocycles. The van der Waals surface area contributed by atoms with E-state index in [2.05, 4.69) is 10.3 Å². The van der Waals surface area contributed by atoms with E-state index >= 15 is 0 Å². The molecule has 0 bridgehead atoms. The number of nitrogens with two attached hydrogens (primary N) is 1. The Morgan fingerprint density at radius 3 is 2.56 bits per heavy atom. The van der Waals surface area contributed by atoms with Crippen LogP contribution < -0.4 is 11.1 Å². The summed E-state index contributed by atoms with van der Waals surface area (Å²) in [5, 5.41) is 7.70. The van der Waals surface area contributed by atoms with Gasteiger partial charge in [0, 0.05) is 36.3 Å². The molecule has 2 heterocycles. The number of nitrogens with zero attached hydrogens (tertiary/aromatic N) is 3. The second kappa shape index (κ2) is 8.14. The van der Waals surface area contributed by atoms with Gasteiger partial charge in [0.2, 0.25) is 5.91 Å². The Hall–Kier alpha value is -2.99. The molecule has 1 unspecified atom stereocenters. The predicted molar refractivity (Wildman–Crippen MR) is 106 cm³/mol. The minimum Gasteiger partial charge on any atom is -0.350 e. The molecule has 6 heteroatoms. The van der Waals surface area contributed by atoms with E-state index in [9.17, 15) is 4.79 Å². The molecule has 27 heavy (non-hydrogen) atoms. The van der Waals surface area contributed by atoms with Crippen LogP contribution in [0.5, 0.6) is 0 Å². The molecule has 0 aliphatic rings. The van der Waals surface area contributed by atoms with Gasteiger partial charge in [0.25, 0.3) is 0 Å². The van der Waals surface area contributed by atoms with E-state index in [1.54, 1.807) is 19.3 Å². The molecule has 0 spiro atoms. The molecule has 0 fully saturated rings. The van der Waals surface area contributed by atoms with E-state index in [1.165, 1.54) is 0 Å². The van der Waals surface area contributed by atoms with Crippen molar-refractivity contribution in [2.45, 2.75) is 38.8 Å². The number of nitrogens with one attached hydrogen (secondary N) is 1. The Bertz CT molecular complexity index is 887. The third-order valence-corrected chi connectivity index (χ3v) is 4.49. The van der Waals surface area contributed by atoms with Gasteiger partial charge in [-0.1, -0.05) is 31.5 Å².